The predicted octanol–water partition coefficient (Wildman–Crippen LogP) is 2.10. The average Bonchev–Trinajstić information content (AvgIpc) is 3.03. The van der Waals surface area contributed by atoms with Gasteiger partial charge in [-0.25, -0.2) is 0 Å². The Morgan fingerprint density at radius 1 is 1.28 bits per heavy atom. The Hall–Kier alpha value is -2.47. The molecule has 1 aliphatic heterocycles. The van der Waals surface area contributed by atoms with E-state index in [0.717, 1.165) is 5.69 Å². The number of morpholine rings is 1. The lowest BCUT2D eigenvalue weighted by atomic mass is 10.0. The Morgan fingerprint density at radius 2 is 2.04 bits per heavy atom. The van der Waals surface area contributed by atoms with Gasteiger partial charge in [-0.05, 0) is 6.42 Å². The zero-order chi connectivity index (χ0) is 17.8. The molecule has 1 aliphatic rings. The third-order valence-electron chi connectivity index (χ3n) is 4.48. The summed E-state index contributed by atoms with van der Waals surface area (Å²) in [6, 6.07) is 8.92. The molecule has 1 atom stereocenters. The minimum atomic E-state index is -0.251. The molecule has 6 nitrogen and oxygen atoms in total. The molecule has 25 heavy (non-hydrogen) atoms. The highest BCUT2D eigenvalue weighted by atomic mass is 16.5. The summed E-state index contributed by atoms with van der Waals surface area (Å²) in [6.45, 7) is 3.34. The minimum absolute atomic E-state index is 0.0239. The normalized spacial score (nSPS) is 17.5. The molecule has 1 unspecified atom stereocenters. The van der Waals surface area contributed by atoms with E-state index in [1.165, 1.54) is 0 Å². The summed E-state index contributed by atoms with van der Waals surface area (Å²) < 4.78 is 7.19. The molecule has 1 aromatic heterocycles. The van der Waals surface area contributed by atoms with Crippen LogP contribution < -0.4 is 0 Å². The second-order valence-electron chi connectivity index (χ2n) is 6.24. The molecular weight excluding hydrogens is 318 g/mol. The predicted molar refractivity (Wildman–Crippen MR) is 93.6 cm³/mol. The summed E-state index contributed by atoms with van der Waals surface area (Å²) in [4.78, 5) is 27.3. The fourth-order valence-corrected chi connectivity index (χ4v) is 3.18. The van der Waals surface area contributed by atoms with Crippen molar-refractivity contribution in [2.75, 3.05) is 19.8 Å². The number of Topliss-reactive ketones (excluding diaryl/α,β-unsaturated/α-hetero) is 1. The number of aromatic nitrogens is 2. The molecule has 1 saturated heterocycles. The van der Waals surface area contributed by atoms with Crippen LogP contribution in [-0.2, 0) is 18.2 Å². The van der Waals surface area contributed by atoms with Gasteiger partial charge in [0.1, 0.15) is 0 Å². The standard InChI is InChI=1S/C19H23N3O3/c1-3-17-16(12-21(2)20-17)19(24)22-9-10-25-13-15(22)11-18(23)14-7-5-4-6-8-14/h4-8,12,15H,3,9-11,13H2,1-2H3. The number of ether oxygens (including phenoxy) is 1. The molecule has 1 amide bonds. The third kappa shape index (κ3) is 3.79. The van der Waals surface area contributed by atoms with Gasteiger partial charge in [0, 0.05) is 31.8 Å². The van der Waals surface area contributed by atoms with Crippen LogP contribution in [0.25, 0.3) is 0 Å². The second-order valence-corrected chi connectivity index (χ2v) is 6.24. The molecular formula is C19H23N3O3. The Balaban J connectivity index is 1.78. The summed E-state index contributed by atoms with van der Waals surface area (Å²) in [5.41, 5.74) is 2.06. The van der Waals surface area contributed by atoms with Crippen LogP contribution >= 0.6 is 0 Å². The Morgan fingerprint density at radius 3 is 2.76 bits per heavy atom. The first-order chi connectivity index (χ1) is 12.1. The summed E-state index contributed by atoms with van der Waals surface area (Å²) in [7, 11) is 1.81. The maximum absolute atomic E-state index is 13.0. The average molecular weight is 341 g/mol. The highest BCUT2D eigenvalue weighted by Gasteiger charge is 2.31. The smallest absolute Gasteiger partial charge is 0.257 e. The molecule has 2 aromatic rings. The maximum Gasteiger partial charge on any atom is 0.257 e. The number of aryl methyl sites for hydroxylation is 2. The van der Waals surface area contributed by atoms with E-state index in [2.05, 4.69) is 5.10 Å². The van der Waals surface area contributed by atoms with E-state index < -0.39 is 0 Å². The van der Waals surface area contributed by atoms with Gasteiger partial charge in [0.05, 0.1) is 30.5 Å². The number of amides is 1. The van der Waals surface area contributed by atoms with Crippen LogP contribution in [-0.4, -0.2) is 52.2 Å². The molecule has 0 bridgehead atoms. The second kappa shape index (κ2) is 7.61. The van der Waals surface area contributed by atoms with Crippen molar-refractivity contribution in [3.63, 3.8) is 0 Å². The van der Waals surface area contributed by atoms with Gasteiger partial charge in [-0.1, -0.05) is 37.3 Å². The number of nitrogens with zero attached hydrogens (tertiary/aromatic N) is 3. The first-order valence-electron chi connectivity index (χ1n) is 8.59. The summed E-state index contributed by atoms with van der Waals surface area (Å²) in [6.07, 6.45) is 2.71. The quantitative estimate of drug-likeness (QED) is 0.781. The number of benzene rings is 1. The molecule has 2 heterocycles. The van der Waals surface area contributed by atoms with Gasteiger partial charge in [-0.15, -0.1) is 0 Å². The fraction of sp³-hybridized carbons (Fsp3) is 0.421. The van der Waals surface area contributed by atoms with E-state index >= 15 is 0 Å². The van der Waals surface area contributed by atoms with Crippen molar-refractivity contribution in [3.8, 4) is 0 Å². The van der Waals surface area contributed by atoms with Crippen molar-refractivity contribution in [2.24, 2.45) is 7.05 Å². The summed E-state index contributed by atoms with van der Waals surface area (Å²) in [5, 5.41) is 4.35. The van der Waals surface area contributed by atoms with Gasteiger partial charge in [0.2, 0.25) is 0 Å². The van der Waals surface area contributed by atoms with Crippen molar-refractivity contribution >= 4 is 11.7 Å². The highest BCUT2D eigenvalue weighted by molar-refractivity contribution is 5.98. The van der Waals surface area contributed by atoms with Crippen molar-refractivity contribution in [3.05, 3.63) is 53.3 Å². The third-order valence-corrected chi connectivity index (χ3v) is 4.48. The zero-order valence-electron chi connectivity index (χ0n) is 14.6. The van der Waals surface area contributed by atoms with Crippen LogP contribution in [0.5, 0.6) is 0 Å². The first-order valence-corrected chi connectivity index (χ1v) is 8.59. The van der Waals surface area contributed by atoms with Crippen molar-refractivity contribution < 1.29 is 14.3 Å². The SMILES string of the molecule is CCc1nn(C)cc1C(=O)N1CCOCC1CC(=O)c1ccccc1. The van der Waals surface area contributed by atoms with E-state index in [4.69, 9.17) is 4.74 Å². The van der Waals surface area contributed by atoms with E-state index in [1.54, 1.807) is 27.9 Å². The molecule has 0 radical (unpaired) electrons. The number of rotatable bonds is 5. The molecule has 132 valence electrons. The lowest BCUT2D eigenvalue weighted by Gasteiger charge is -2.35. The van der Waals surface area contributed by atoms with E-state index in [9.17, 15) is 9.59 Å². The molecule has 1 aromatic carbocycles. The molecule has 3 rings (SSSR count). The molecule has 1 fully saturated rings. The largest absolute Gasteiger partial charge is 0.377 e. The van der Waals surface area contributed by atoms with Crippen LogP contribution in [0.1, 0.15) is 39.8 Å². The van der Waals surface area contributed by atoms with Crippen LogP contribution in [0.15, 0.2) is 36.5 Å². The van der Waals surface area contributed by atoms with Gasteiger partial charge in [-0.3, -0.25) is 14.3 Å². The van der Waals surface area contributed by atoms with Crippen molar-refractivity contribution in [2.45, 2.75) is 25.8 Å². The zero-order valence-corrected chi connectivity index (χ0v) is 14.6. The molecule has 0 aliphatic carbocycles. The number of hydrogen-bond donors (Lipinski definition) is 0. The lowest BCUT2D eigenvalue weighted by Crippen LogP contribution is -2.49. The Bertz CT molecular complexity index is 755. The monoisotopic (exact) mass is 341 g/mol. The number of ketones is 1. The van der Waals surface area contributed by atoms with Gasteiger partial charge >= 0.3 is 0 Å². The number of hydrogen-bond acceptors (Lipinski definition) is 4. The van der Waals surface area contributed by atoms with Crippen LogP contribution in [0, 0.1) is 0 Å². The summed E-state index contributed by atoms with van der Waals surface area (Å²) in [5.74, 6) is -0.0464. The Kier molecular flexibility index (Phi) is 5.28. The first kappa shape index (κ1) is 17.4. The van der Waals surface area contributed by atoms with Gasteiger partial charge in [0.25, 0.3) is 5.91 Å². The topological polar surface area (TPSA) is 64.4 Å². The molecule has 0 saturated carbocycles. The van der Waals surface area contributed by atoms with Crippen LogP contribution in [0.2, 0.25) is 0 Å². The summed E-state index contributed by atoms with van der Waals surface area (Å²) >= 11 is 0. The van der Waals surface area contributed by atoms with Crippen molar-refractivity contribution in [1.29, 1.82) is 0 Å². The number of carbonyl (C=O) groups excluding carboxylic acids is 2. The van der Waals surface area contributed by atoms with Crippen LogP contribution in [0.4, 0.5) is 0 Å². The molecule has 0 spiro atoms. The lowest BCUT2D eigenvalue weighted by molar-refractivity contribution is -0.00286. The van der Waals surface area contributed by atoms with Crippen LogP contribution in [0.3, 0.4) is 0 Å². The van der Waals surface area contributed by atoms with Gasteiger partial charge in [-0.2, -0.15) is 5.10 Å². The van der Waals surface area contributed by atoms with E-state index in [1.807, 2.05) is 32.2 Å². The van der Waals surface area contributed by atoms with E-state index in [-0.39, 0.29) is 24.2 Å². The molecule has 6 heteroatoms. The van der Waals surface area contributed by atoms with Crippen molar-refractivity contribution in [1.82, 2.24) is 14.7 Å². The van der Waals surface area contributed by atoms with Gasteiger partial charge < -0.3 is 9.64 Å². The number of carbonyl (C=O) groups is 2. The minimum Gasteiger partial charge on any atom is -0.377 e. The van der Waals surface area contributed by atoms with Gasteiger partial charge in [0.15, 0.2) is 5.78 Å². The maximum atomic E-state index is 13.0. The molecule has 0 N–H and O–H groups in total. The fourth-order valence-electron chi connectivity index (χ4n) is 3.18. The Labute approximate surface area is 147 Å². The highest BCUT2D eigenvalue weighted by Crippen LogP contribution is 2.19. The van der Waals surface area contributed by atoms with E-state index in [0.29, 0.717) is 37.3 Å².